The SMILES string of the molecule is CC(C)(C)C(O)CNc1ccc([N+](=O)[O-])cc1[N+](=O)[O-]. The van der Waals surface area contributed by atoms with Crippen molar-refractivity contribution in [2.45, 2.75) is 26.9 Å². The second-order valence-electron chi connectivity index (χ2n) is 5.48. The number of anilines is 1. The number of nitro benzene ring substituents is 2. The van der Waals surface area contributed by atoms with Crippen molar-refractivity contribution in [3.63, 3.8) is 0 Å². The minimum Gasteiger partial charge on any atom is -0.391 e. The van der Waals surface area contributed by atoms with Crippen molar-refractivity contribution in [1.82, 2.24) is 0 Å². The van der Waals surface area contributed by atoms with E-state index in [2.05, 4.69) is 5.32 Å². The smallest absolute Gasteiger partial charge is 0.299 e. The summed E-state index contributed by atoms with van der Waals surface area (Å²) in [5.41, 5.74) is -0.967. The van der Waals surface area contributed by atoms with Gasteiger partial charge in [0.15, 0.2) is 0 Å². The van der Waals surface area contributed by atoms with E-state index in [1.807, 2.05) is 20.8 Å². The minimum absolute atomic E-state index is 0.113. The van der Waals surface area contributed by atoms with Crippen LogP contribution in [0, 0.1) is 25.6 Å². The molecule has 110 valence electrons. The standard InChI is InChI=1S/C12H17N3O5/c1-12(2,3)11(16)7-13-9-5-4-8(14(17)18)6-10(9)15(19)20/h4-6,11,13,16H,7H2,1-3H3. The maximum absolute atomic E-state index is 10.9. The zero-order chi connectivity index (χ0) is 15.5. The second-order valence-corrected chi connectivity index (χ2v) is 5.48. The van der Waals surface area contributed by atoms with Crippen LogP contribution in [0.25, 0.3) is 0 Å². The number of nitrogens with zero attached hydrogens (tertiary/aromatic N) is 2. The third-order valence-corrected chi connectivity index (χ3v) is 2.87. The molecule has 1 aromatic carbocycles. The summed E-state index contributed by atoms with van der Waals surface area (Å²) in [4.78, 5) is 20.1. The number of aliphatic hydroxyl groups is 1. The molecule has 1 aromatic rings. The Morgan fingerprint density at radius 2 is 1.85 bits per heavy atom. The van der Waals surface area contributed by atoms with Crippen LogP contribution in [0.5, 0.6) is 0 Å². The van der Waals surface area contributed by atoms with Gasteiger partial charge in [0.1, 0.15) is 5.69 Å². The van der Waals surface area contributed by atoms with E-state index in [1.54, 1.807) is 0 Å². The van der Waals surface area contributed by atoms with E-state index in [0.717, 1.165) is 6.07 Å². The van der Waals surface area contributed by atoms with Gasteiger partial charge in [0.05, 0.1) is 22.0 Å². The van der Waals surface area contributed by atoms with Gasteiger partial charge in [-0.15, -0.1) is 0 Å². The first-order chi connectivity index (χ1) is 9.12. The highest BCUT2D eigenvalue weighted by atomic mass is 16.6. The van der Waals surface area contributed by atoms with Crippen LogP contribution in [0.3, 0.4) is 0 Å². The average molecular weight is 283 g/mol. The third-order valence-electron chi connectivity index (χ3n) is 2.87. The summed E-state index contributed by atoms with van der Waals surface area (Å²) in [5, 5.41) is 34.2. The summed E-state index contributed by atoms with van der Waals surface area (Å²) in [7, 11) is 0. The fraction of sp³-hybridized carbons (Fsp3) is 0.500. The largest absolute Gasteiger partial charge is 0.391 e. The van der Waals surface area contributed by atoms with E-state index in [0.29, 0.717) is 0 Å². The van der Waals surface area contributed by atoms with Gasteiger partial charge in [0, 0.05) is 12.6 Å². The zero-order valence-electron chi connectivity index (χ0n) is 11.5. The molecule has 0 aliphatic heterocycles. The van der Waals surface area contributed by atoms with Crippen LogP contribution in [-0.4, -0.2) is 27.6 Å². The number of nitrogens with one attached hydrogen (secondary N) is 1. The molecule has 0 fully saturated rings. The zero-order valence-corrected chi connectivity index (χ0v) is 11.5. The summed E-state index contributed by atoms with van der Waals surface area (Å²) in [6.07, 6.45) is -0.711. The molecule has 0 saturated carbocycles. The highest BCUT2D eigenvalue weighted by molar-refractivity contribution is 5.65. The van der Waals surface area contributed by atoms with Crippen LogP contribution >= 0.6 is 0 Å². The Morgan fingerprint density at radius 3 is 2.30 bits per heavy atom. The quantitative estimate of drug-likeness (QED) is 0.632. The van der Waals surface area contributed by atoms with Crippen LogP contribution in [0.2, 0.25) is 0 Å². The Bertz CT molecular complexity index is 524. The summed E-state index contributed by atoms with van der Waals surface area (Å²) in [6, 6.07) is 3.34. The Labute approximate surface area is 115 Å². The molecule has 1 atom stereocenters. The van der Waals surface area contributed by atoms with Gasteiger partial charge in [-0.25, -0.2) is 0 Å². The molecule has 0 saturated heterocycles. The molecule has 0 amide bonds. The number of benzene rings is 1. The summed E-state index contributed by atoms with van der Waals surface area (Å²) < 4.78 is 0. The number of aliphatic hydroxyl groups excluding tert-OH is 1. The molecule has 0 spiro atoms. The number of hydrogen-bond donors (Lipinski definition) is 2. The highest BCUT2D eigenvalue weighted by Gasteiger charge is 2.24. The first kappa shape index (κ1) is 15.8. The number of hydrogen-bond acceptors (Lipinski definition) is 6. The normalized spacial score (nSPS) is 12.8. The Balaban J connectivity index is 2.95. The lowest BCUT2D eigenvalue weighted by Crippen LogP contribution is -2.32. The fourth-order valence-corrected chi connectivity index (χ4v) is 1.45. The topological polar surface area (TPSA) is 119 Å². The van der Waals surface area contributed by atoms with Crippen molar-refractivity contribution in [1.29, 1.82) is 0 Å². The van der Waals surface area contributed by atoms with Gasteiger partial charge in [0.2, 0.25) is 0 Å². The molecule has 0 aliphatic carbocycles. The number of nitro groups is 2. The lowest BCUT2D eigenvalue weighted by atomic mass is 9.89. The minimum atomic E-state index is -0.711. The first-order valence-electron chi connectivity index (χ1n) is 5.97. The van der Waals surface area contributed by atoms with Crippen LogP contribution in [-0.2, 0) is 0 Å². The van der Waals surface area contributed by atoms with E-state index < -0.39 is 16.0 Å². The monoisotopic (exact) mass is 283 g/mol. The predicted octanol–water partition coefficient (Wildman–Crippen LogP) is 2.32. The number of rotatable bonds is 5. The molecular weight excluding hydrogens is 266 g/mol. The van der Waals surface area contributed by atoms with E-state index >= 15 is 0 Å². The van der Waals surface area contributed by atoms with Crippen LogP contribution in [0.15, 0.2) is 18.2 Å². The van der Waals surface area contributed by atoms with Crippen molar-refractivity contribution >= 4 is 17.1 Å². The highest BCUT2D eigenvalue weighted by Crippen LogP contribution is 2.29. The predicted molar refractivity (Wildman–Crippen MR) is 73.7 cm³/mol. The second kappa shape index (κ2) is 5.83. The molecule has 8 nitrogen and oxygen atoms in total. The van der Waals surface area contributed by atoms with Gasteiger partial charge in [-0.1, -0.05) is 20.8 Å². The van der Waals surface area contributed by atoms with E-state index in [-0.39, 0.29) is 29.0 Å². The average Bonchev–Trinajstić information content (AvgIpc) is 2.34. The van der Waals surface area contributed by atoms with Crippen molar-refractivity contribution < 1.29 is 15.0 Å². The van der Waals surface area contributed by atoms with Crippen molar-refractivity contribution in [3.8, 4) is 0 Å². The fourth-order valence-electron chi connectivity index (χ4n) is 1.45. The molecule has 0 heterocycles. The van der Waals surface area contributed by atoms with Crippen molar-refractivity contribution in [2.75, 3.05) is 11.9 Å². The van der Waals surface area contributed by atoms with E-state index in [1.165, 1.54) is 12.1 Å². The van der Waals surface area contributed by atoms with Gasteiger partial charge in [-0.2, -0.15) is 0 Å². The lowest BCUT2D eigenvalue weighted by Gasteiger charge is -2.26. The van der Waals surface area contributed by atoms with Crippen LogP contribution < -0.4 is 5.32 Å². The van der Waals surface area contributed by atoms with Crippen LogP contribution in [0.4, 0.5) is 17.1 Å². The molecule has 0 radical (unpaired) electrons. The molecule has 8 heteroatoms. The van der Waals surface area contributed by atoms with Gasteiger partial charge >= 0.3 is 0 Å². The molecule has 0 aromatic heterocycles. The van der Waals surface area contributed by atoms with Gasteiger partial charge in [-0.05, 0) is 11.5 Å². The molecule has 1 unspecified atom stereocenters. The lowest BCUT2D eigenvalue weighted by molar-refractivity contribution is -0.393. The maximum Gasteiger partial charge on any atom is 0.299 e. The van der Waals surface area contributed by atoms with E-state index in [4.69, 9.17) is 0 Å². The van der Waals surface area contributed by atoms with Gasteiger partial charge < -0.3 is 10.4 Å². The third kappa shape index (κ3) is 3.89. The number of non-ortho nitro benzene ring substituents is 1. The Hall–Kier alpha value is -2.22. The molecule has 0 bridgehead atoms. The van der Waals surface area contributed by atoms with E-state index in [9.17, 15) is 25.3 Å². The molecule has 20 heavy (non-hydrogen) atoms. The molecule has 2 N–H and O–H groups in total. The summed E-state index contributed by atoms with van der Waals surface area (Å²) >= 11 is 0. The first-order valence-corrected chi connectivity index (χ1v) is 5.97. The van der Waals surface area contributed by atoms with Gasteiger partial charge in [-0.3, -0.25) is 20.2 Å². The Morgan fingerprint density at radius 1 is 1.25 bits per heavy atom. The summed E-state index contributed by atoms with van der Waals surface area (Å²) in [5.74, 6) is 0. The molecule has 0 aliphatic rings. The molecule has 1 rings (SSSR count). The van der Waals surface area contributed by atoms with Gasteiger partial charge in [0.25, 0.3) is 11.4 Å². The van der Waals surface area contributed by atoms with Crippen molar-refractivity contribution in [2.24, 2.45) is 5.41 Å². The maximum atomic E-state index is 10.9. The molecular formula is C12H17N3O5. The van der Waals surface area contributed by atoms with Crippen molar-refractivity contribution in [3.05, 3.63) is 38.4 Å². The summed E-state index contributed by atoms with van der Waals surface area (Å²) in [6.45, 7) is 5.62. The van der Waals surface area contributed by atoms with Crippen LogP contribution in [0.1, 0.15) is 20.8 Å². The Kier molecular flexibility index (Phi) is 4.61.